The Bertz CT molecular complexity index is 1670. The molecule has 0 spiro atoms. The number of hydrogen-bond acceptors (Lipinski definition) is 5. The fourth-order valence-corrected chi connectivity index (χ4v) is 4.68. The minimum Gasteiger partial charge on any atom is -0.366 e. The molecule has 0 aliphatic rings. The molecule has 2 heterocycles. The molecule has 39 heavy (non-hydrogen) atoms. The van der Waals surface area contributed by atoms with Crippen LogP contribution in [0, 0.1) is 0 Å². The van der Waals surface area contributed by atoms with E-state index in [4.69, 9.17) is 16.6 Å². The van der Waals surface area contributed by atoms with Crippen LogP contribution in [0.25, 0.3) is 16.9 Å². The van der Waals surface area contributed by atoms with Crippen molar-refractivity contribution < 1.29 is 9.59 Å². The first kappa shape index (κ1) is 26.4. The summed E-state index contributed by atoms with van der Waals surface area (Å²) >= 11 is 9.98. The van der Waals surface area contributed by atoms with Gasteiger partial charge in [0, 0.05) is 47.9 Å². The molecule has 0 aliphatic carbocycles. The zero-order valence-electron chi connectivity index (χ0n) is 20.9. The Morgan fingerprint density at radius 1 is 0.949 bits per heavy atom. The number of fused-ring (bicyclic) bond motifs is 1. The van der Waals surface area contributed by atoms with E-state index in [1.807, 2.05) is 54.6 Å². The van der Waals surface area contributed by atoms with E-state index in [-0.39, 0.29) is 11.8 Å². The van der Waals surface area contributed by atoms with Crippen molar-refractivity contribution in [2.24, 2.45) is 0 Å². The Morgan fingerprint density at radius 3 is 2.44 bits per heavy atom. The molecule has 3 N–H and O–H groups in total. The minimum absolute atomic E-state index is 0.159. The number of carbonyl (C=O) groups excluding carboxylic acids is 2. The first-order chi connectivity index (χ1) is 18.9. The Labute approximate surface area is 238 Å². The summed E-state index contributed by atoms with van der Waals surface area (Å²) in [5, 5.41) is 14.2. The van der Waals surface area contributed by atoms with Gasteiger partial charge in [0.25, 0.3) is 5.91 Å². The third-order valence-electron chi connectivity index (χ3n) is 5.96. The van der Waals surface area contributed by atoms with E-state index in [1.54, 1.807) is 35.0 Å². The van der Waals surface area contributed by atoms with Crippen LogP contribution in [0.15, 0.2) is 89.5 Å². The third kappa shape index (κ3) is 6.27. The van der Waals surface area contributed by atoms with Crippen molar-refractivity contribution >= 4 is 56.5 Å². The predicted octanol–water partition coefficient (Wildman–Crippen LogP) is 6.31. The standard InChI is InChI=1S/C29H24BrClN6O2/c1-18(38)35-22-11-9-21(10-12-22)29(39)33-16-20-6-4-5-19(13-20)15-32-27-14-26(23-7-2-3-8-25(23)31)36-28-24(30)17-34-37(27)28/h2-14,17,32H,15-16H2,1H3,(H,33,39)(H,35,38). The molecule has 2 aromatic heterocycles. The van der Waals surface area contributed by atoms with Crippen LogP contribution in [-0.2, 0) is 17.9 Å². The number of aromatic nitrogens is 3. The van der Waals surface area contributed by atoms with Gasteiger partial charge in [-0.1, -0.05) is 54.1 Å². The molecule has 0 aliphatic heterocycles. The number of benzene rings is 3. The monoisotopic (exact) mass is 602 g/mol. The number of hydrogen-bond donors (Lipinski definition) is 3. The molecule has 0 saturated carbocycles. The molecule has 5 rings (SSSR count). The molecule has 10 heteroatoms. The van der Waals surface area contributed by atoms with Crippen molar-refractivity contribution in [1.82, 2.24) is 19.9 Å². The normalized spacial score (nSPS) is 10.8. The van der Waals surface area contributed by atoms with Crippen LogP contribution in [0.5, 0.6) is 0 Å². The molecule has 0 fully saturated rings. The average Bonchev–Trinajstić information content (AvgIpc) is 3.31. The van der Waals surface area contributed by atoms with Gasteiger partial charge in [0.1, 0.15) is 5.82 Å². The van der Waals surface area contributed by atoms with E-state index in [0.29, 0.717) is 35.0 Å². The Morgan fingerprint density at radius 2 is 1.69 bits per heavy atom. The molecular weight excluding hydrogens is 580 g/mol. The van der Waals surface area contributed by atoms with Gasteiger partial charge in [-0.25, -0.2) is 4.98 Å². The van der Waals surface area contributed by atoms with Crippen molar-refractivity contribution in [2.45, 2.75) is 20.0 Å². The van der Waals surface area contributed by atoms with Gasteiger partial charge in [-0.2, -0.15) is 9.61 Å². The number of nitrogens with one attached hydrogen (secondary N) is 3. The molecule has 5 aromatic rings. The molecule has 8 nitrogen and oxygen atoms in total. The summed E-state index contributed by atoms with van der Waals surface area (Å²) in [7, 11) is 0. The first-order valence-electron chi connectivity index (χ1n) is 12.1. The van der Waals surface area contributed by atoms with E-state index in [1.165, 1.54) is 6.92 Å². The van der Waals surface area contributed by atoms with Crippen molar-refractivity contribution in [3.05, 3.63) is 111 Å². The fourth-order valence-electron chi connectivity index (χ4n) is 4.10. The molecule has 0 unspecified atom stereocenters. The molecular formula is C29H24BrClN6O2. The summed E-state index contributed by atoms with van der Waals surface area (Å²) < 4.78 is 2.52. The molecule has 0 bridgehead atoms. The van der Waals surface area contributed by atoms with Gasteiger partial charge in [-0.3, -0.25) is 9.59 Å². The maximum atomic E-state index is 12.6. The summed E-state index contributed by atoms with van der Waals surface area (Å²) in [6, 6.07) is 24.3. The maximum Gasteiger partial charge on any atom is 0.251 e. The lowest BCUT2D eigenvalue weighted by Gasteiger charge is -2.13. The average molecular weight is 604 g/mol. The summed E-state index contributed by atoms with van der Waals surface area (Å²) in [4.78, 5) is 28.5. The zero-order valence-corrected chi connectivity index (χ0v) is 23.3. The highest BCUT2D eigenvalue weighted by atomic mass is 79.9. The van der Waals surface area contributed by atoms with Crippen molar-refractivity contribution in [3.8, 4) is 11.3 Å². The Hall–Kier alpha value is -4.21. The van der Waals surface area contributed by atoms with Crippen LogP contribution in [0.3, 0.4) is 0 Å². The Kier molecular flexibility index (Phi) is 7.90. The number of carbonyl (C=O) groups is 2. The van der Waals surface area contributed by atoms with Gasteiger partial charge < -0.3 is 16.0 Å². The number of rotatable bonds is 8. The van der Waals surface area contributed by atoms with Crippen LogP contribution in [0.2, 0.25) is 5.02 Å². The molecule has 0 radical (unpaired) electrons. The first-order valence-corrected chi connectivity index (χ1v) is 13.3. The second kappa shape index (κ2) is 11.7. The predicted molar refractivity (Wildman–Crippen MR) is 157 cm³/mol. The summed E-state index contributed by atoms with van der Waals surface area (Å²) in [6.45, 7) is 2.35. The van der Waals surface area contributed by atoms with Gasteiger partial charge in [0.2, 0.25) is 5.91 Å². The van der Waals surface area contributed by atoms with Gasteiger partial charge in [-0.15, -0.1) is 0 Å². The quantitative estimate of drug-likeness (QED) is 0.193. The van der Waals surface area contributed by atoms with Crippen molar-refractivity contribution in [2.75, 3.05) is 10.6 Å². The lowest BCUT2D eigenvalue weighted by atomic mass is 10.1. The summed E-state index contributed by atoms with van der Waals surface area (Å²) in [6.07, 6.45) is 1.71. The highest BCUT2D eigenvalue weighted by Crippen LogP contribution is 2.30. The molecule has 3 aromatic carbocycles. The third-order valence-corrected chi connectivity index (χ3v) is 6.85. The van der Waals surface area contributed by atoms with Gasteiger partial charge in [0.15, 0.2) is 5.65 Å². The van der Waals surface area contributed by atoms with Crippen LogP contribution in [0.1, 0.15) is 28.4 Å². The number of anilines is 2. The summed E-state index contributed by atoms with van der Waals surface area (Å²) in [5.41, 5.74) is 5.42. The molecule has 2 amide bonds. The van der Waals surface area contributed by atoms with Crippen molar-refractivity contribution in [1.29, 1.82) is 0 Å². The SMILES string of the molecule is CC(=O)Nc1ccc(C(=O)NCc2cccc(CNc3cc(-c4ccccc4Cl)nc4c(Br)cnn34)c2)cc1. The van der Waals surface area contributed by atoms with Crippen LogP contribution in [-0.4, -0.2) is 26.4 Å². The zero-order chi connectivity index (χ0) is 27.4. The minimum atomic E-state index is -0.191. The molecule has 0 atom stereocenters. The lowest BCUT2D eigenvalue weighted by Crippen LogP contribution is -2.22. The second-order valence-electron chi connectivity index (χ2n) is 8.85. The van der Waals surface area contributed by atoms with Crippen molar-refractivity contribution in [3.63, 3.8) is 0 Å². The molecule has 0 saturated heterocycles. The van der Waals surface area contributed by atoms with Crippen LogP contribution < -0.4 is 16.0 Å². The highest BCUT2D eigenvalue weighted by molar-refractivity contribution is 9.10. The lowest BCUT2D eigenvalue weighted by molar-refractivity contribution is -0.114. The van der Waals surface area contributed by atoms with E-state index < -0.39 is 0 Å². The maximum absolute atomic E-state index is 12.6. The number of amides is 2. The van der Waals surface area contributed by atoms with E-state index in [0.717, 1.165) is 32.7 Å². The smallest absolute Gasteiger partial charge is 0.251 e. The van der Waals surface area contributed by atoms with Crippen LogP contribution in [0.4, 0.5) is 11.5 Å². The van der Waals surface area contributed by atoms with Gasteiger partial charge in [-0.05, 0) is 57.4 Å². The number of nitrogens with zero attached hydrogens (tertiary/aromatic N) is 3. The fraction of sp³-hybridized carbons (Fsp3) is 0.103. The topological polar surface area (TPSA) is 100 Å². The van der Waals surface area contributed by atoms with Crippen LogP contribution >= 0.6 is 27.5 Å². The van der Waals surface area contributed by atoms with E-state index in [2.05, 4.69) is 37.0 Å². The largest absolute Gasteiger partial charge is 0.366 e. The van der Waals surface area contributed by atoms with Gasteiger partial charge in [0.05, 0.1) is 16.4 Å². The van der Waals surface area contributed by atoms with Gasteiger partial charge >= 0.3 is 0 Å². The van der Waals surface area contributed by atoms with E-state index >= 15 is 0 Å². The highest BCUT2D eigenvalue weighted by Gasteiger charge is 2.13. The molecule has 196 valence electrons. The summed E-state index contributed by atoms with van der Waals surface area (Å²) in [5.74, 6) is 0.416. The second-order valence-corrected chi connectivity index (χ2v) is 10.1. The number of halogens is 2. The van der Waals surface area contributed by atoms with E-state index in [9.17, 15) is 9.59 Å². The Balaban J connectivity index is 1.28.